The molecule has 0 aliphatic heterocycles. The van der Waals surface area contributed by atoms with Crippen LogP contribution in [0.15, 0.2) is 41.2 Å². The van der Waals surface area contributed by atoms with E-state index < -0.39 is 5.97 Å². The Hall–Kier alpha value is -2.82. The Labute approximate surface area is 120 Å². The third-order valence-corrected chi connectivity index (χ3v) is 3.41. The summed E-state index contributed by atoms with van der Waals surface area (Å²) >= 11 is 0. The van der Waals surface area contributed by atoms with Gasteiger partial charge in [-0.1, -0.05) is 12.1 Å². The summed E-state index contributed by atoms with van der Waals surface area (Å²) in [6, 6.07) is 10.7. The lowest BCUT2D eigenvalue weighted by atomic mass is 10.1. The summed E-state index contributed by atoms with van der Waals surface area (Å²) in [4.78, 5) is 26.1. The van der Waals surface area contributed by atoms with Gasteiger partial charge in [0, 0.05) is 0 Å². The van der Waals surface area contributed by atoms with Crippen LogP contribution in [0.1, 0.15) is 21.5 Å². The molecule has 106 valence electrons. The number of benzene rings is 2. The number of aryl methyl sites for hydroxylation is 2. The van der Waals surface area contributed by atoms with Gasteiger partial charge in [-0.25, -0.2) is 9.59 Å². The smallest absolute Gasteiger partial charge is 0.337 e. The number of carbonyl (C=O) groups is 1. The predicted molar refractivity (Wildman–Crippen MR) is 80.3 cm³/mol. The SMILES string of the molecule is Cc1cc(C)cc(-n2c(=O)[nH]c3c(C(=O)O)cccc32)c1. The minimum Gasteiger partial charge on any atom is -0.478 e. The zero-order valence-corrected chi connectivity index (χ0v) is 11.7. The molecule has 1 aromatic heterocycles. The number of nitrogens with one attached hydrogen (secondary N) is 1. The van der Waals surface area contributed by atoms with Gasteiger partial charge in [0.05, 0.1) is 22.3 Å². The van der Waals surface area contributed by atoms with Crippen LogP contribution in [0.3, 0.4) is 0 Å². The number of carboxylic acids is 1. The molecule has 5 heteroatoms. The minimum atomic E-state index is -1.06. The van der Waals surface area contributed by atoms with Crippen molar-refractivity contribution in [1.29, 1.82) is 0 Å². The standard InChI is InChI=1S/C16H14N2O3/c1-9-6-10(2)8-11(7-9)18-13-5-3-4-12(15(19)20)14(13)17-16(18)21/h3-8H,1-2H3,(H,17,21)(H,19,20). The van der Waals surface area contributed by atoms with Gasteiger partial charge in [-0.2, -0.15) is 0 Å². The second-order valence-electron chi connectivity index (χ2n) is 5.12. The largest absolute Gasteiger partial charge is 0.478 e. The van der Waals surface area contributed by atoms with E-state index in [0.717, 1.165) is 16.8 Å². The van der Waals surface area contributed by atoms with Gasteiger partial charge in [-0.05, 0) is 49.2 Å². The Balaban J connectivity index is 2.38. The van der Waals surface area contributed by atoms with Gasteiger partial charge in [-0.15, -0.1) is 0 Å². The van der Waals surface area contributed by atoms with Crippen molar-refractivity contribution < 1.29 is 9.90 Å². The van der Waals surface area contributed by atoms with E-state index in [1.165, 1.54) is 10.6 Å². The van der Waals surface area contributed by atoms with E-state index in [9.17, 15) is 14.7 Å². The van der Waals surface area contributed by atoms with Crippen molar-refractivity contribution in [1.82, 2.24) is 9.55 Å². The maximum Gasteiger partial charge on any atom is 0.337 e. The molecule has 3 aromatic rings. The predicted octanol–water partition coefficient (Wildman–Crippen LogP) is 2.63. The van der Waals surface area contributed by atoms with Crippen LogP contribution in [0, 0.1) is 13.8 Å². The number of nitrogens with zero attached hydrogens (tertiary/aromatic N) is 1. The van der Waals surface area contributed by atoms with Crippen LogP contribution < -0.4 is 5.69 Å². The first-order valence-electron chi connectivity index (χ1n) is 6.53. The fraction of sp³-hybridized carbons (Fsp3) is 0.125. The van der Waals surface area contributed by atoms with E-state index in [2.05, 4.69) is 4.98 Å². The van der Waals surface area contributed by atoms with Crippen LogP contribution in [0.2, 0.25) is 0 Å². The number of rotatable bonds is 2. The fourth-order valence-corrected chi connectivity index (χ4v) is 2.64. The van der Waals surface area contributed by atoms with E-state index >= 15 is 0 Å². The lowest BCUT2D eigenvalue weighted by molar-refractivity contribution is 0.0699. The Kier molecular flexibility index (Phi) is 2.90. The Morgan fingerprint density at radius 1 is 1.14 bits per heavy atom. The van der Waals surface area contributed by atoms with Crippen molar-refractivity contribution in [3.63, 3.8) is 0 Å². The van der Waals surface area contributed by atoms with Crippen LogP contribution in [0.25, 0.3) is 16.7 Å². The number of aromatic carboxylic acids is 1. The van der Waals surface area contributed by atoms with E-state index in [0.29, 0.717) is 11.0 Å². The van der Waals surface area contributed by atoms with Gasteiger partial charge in [0.15, 0.2) is 0 Å². The number of carboxylic acid groups (broad SMARTS) is 1. The summed E-state index contributed by atoms with van der Waals surface area (Å²) in [5, 5.41) is 9.21. The molecule has 0 aliphatic rings. The highest BCUT2D eigenvalue weighted by Crippen LogP contribution is 2.20. The van der Waals surface area contributed by atoms with Crippen LogP contribution in [-0.4, -0.2) is 20.6 Å². The topological polar surface area (TPSA) is 75.1 Å². The highest BCUT2D eigenvalue weighted by Gasteiger charge is 2.15. The van der Waals surface area contributed by atoms with Crippen molar-refractivity contribution in [2.24, 2.45) is 0 Å². The number of fused-ring (bicyclic) bond motifs is 1. The van der Waals surface area contributed by atoms with E-state index in [-0.39, 0.29) is 11.3 Å². The molecule has 0 aliphatic carbocycles. The Bertz CT molecular complexity index is 899. The first-order valence-corrected chi connectivity index (χ1v) is 6.53. The normalized spacial score (nSPS) is 11.0. The van der Waals surface area contributed by atoms with Gasteiger partial charge in [0.1, 0.15) is 0 Å². The molecule has 2 aromatic carbocycles. The van der Waals surface area contributed by atoms with Crippen LogP contribution in [0.5, 0.6) is 0 Å². The molecule has 0 amide bonds. The number of para-hydroxylation sites is 1. The lowest BCUT2D eigenvalue weighted by Gasteiger charge is -2.06. The number of aromatic amines is 1. The first-order chi connectivity index (χ1) is 9.97. The molecule has 21 heavy (non-hydrogen) atoms. The molecule has 0 fully saturated rings. The summed E-state index contributed by atoms with van der Waals surface area (Å²) in [7, 11) is 0. The minimum absolute atomic E-state index is 0.0905. The average molecular weight is 282 g/mol. The Morgan fingerprint density at radius 2 is 1.81 bits per heavy atom. The molecule has 0 saturated heterocycles. The summed E-state index contributed by atoms with van der Waals surface area (Å²) in [5.74, 6) is -1.06. The van der Waals surface area contributed by atoms with Crippen LogP contribution in [0.4, 0.5) is 0 Å². The molecule has 0 saturated carbocycles. The highest BCUT2D eigenvalue weighted by molar-refractivity contribution is 6.01. The third-order valence-electron chi connectivity index (χ3n) is 3.41. The second kappa shape index (κ2) is 4.63. The molecule has 0 bridgehead atoms. The molecule has 3 rings (SSSR count). The van der Waals surface area contributed by atoms with Gasteiger partial charge in [0.2, 0.25) is 0 Å². The lowest BCUT2D eigenvalue weighted by Crippen LogP contribution is -2.14. The third kappa shape index (κ3) is 2.12. The van der Waals surface area contributed by atoms with E-state index in [1.807, 2.05) is 32.0 Å². The number of imidazole rings is 1. The van der Waals surface area contributed by atoms with E-state index in [4.69, 9.17) is 0 Å². The van der Waals surface area contributed by atoms with Gasteiger partial charge < -0.3 is 10.1 Å². The van der Waals surface area contributed by atoms with Crippen LogP contribution >= 0.6 is 0 Å². The van der Waals surface area contributed by atoms with E-state index in [1.54, 1.807) is 12.1 Å². The number of aromatic nitrogens is 2. The van der Waals surface area contributed by atoms with Crippen molar-refractivity contribution in [3.8, 4) is 5.69 Å². The monoisotopic (exact) mass is 282 g/mol. The average Bonchev–Trinajstić information content (AvgIpc) is 2.72. The van der Waals surface area contributed by atoms with Crippen molar-refractivity contribution in [3.05, 3.63) is 63.6 Å². The molecular weight excluding hydrogens is 268 g/mol. The van der Waals surface area contributed by atoms with Gasteiger partial charge in [-0.3, -0.25) is 4.57 Å². The fourth-order valence-electron chi connectivity index (χ4n) is 2.64. The highest BCUT2D eigenvalue weighted by atomic mass is 16.4. The van der Waals surface area contributed by atoms with Gasteiger partial charge in [0.25, 0.3) is 0 Å². The molecule has 5 nitrogen and oxygen atoms in total. The molecule has 2 N–H and O–H groups in total. The second-order valence-corrected chi connectivity index (χ2v) is 5.12. The van der Waals surface area contributed by atoms with Crippen LogP contribution in [-0.2, 0) is 0 Å². The molecule has 0 spiro atoms. The molecular formula is C16H14N2O3. The molecule has 0 radical (unpaired) electrons. The zero-order chi connectivity index (χ0) is 15.1. The Morgan fingerprint density at radius 3 is 2.43 bits per heavy atom. The molecule has 1 heterocycles. The summed E-state index contributed by atoms with van der Waals surface area (Å²) in [6.07, 6.45) is 0. The van der Waals surface area contributed by atoms with Crippen molar-refractivity contribution in [2.45, 2.75) is 13.8 Å². The number of H-pyrrole nitrogens is 1. The molecule has 0 unspecified atom stereocenters. The zero-order valence-electron chi connectivity index (χ0n) is 11.7. The summed E-state index contributed by atoms with van der Waals surface area (Å²) in [6.45, 7) is 3.91. The maximum absolute atomic E-state index is 12.3. The number of hydrogen-bond donors (Lipinski definition) is 2. The summed E-state index contributed by atoms with van der Waals surface area (Å²) < 4.78 is 1.50. The summed E-state index contributed by atoms with van der Waals surface area (Å²) in [5.41, 5.74) is 3.46. The number of hydrogen-bond acceptors (Lipinski definition) is 2. The first kappa shape index (κ1) is 13.2. The maximum atomic E-state index is 12.3. The molecule has 0 atom stereocenters. The van der Waals surface area contributed by atoms with Crippen molar-refractivity contribution >= 4 is 17.0 Å². The quantitative estimate of drug-likeness (QED) is 0.758. The van der Waals surface area contributed by atoms with Crippen molar-refractivity contribution in [2.75, 3.05) is 0 Å². The van der Waals surface area contributed by atoms with Gasteiger partial charge >= 0.3 is 11.7 Å².